The monoisotopic (exact) mass is 334 g/mol. The lowest BCUT2D eigenvalue weighted by Crippen LogP contribution is -2.05. The molecule has 0 aliphatic heterocycles. The molecule has 0 heterocycles. The molecule has 2 N–H and O–H groups in total. The van der Waals surface area contributed by atoms with Crippen molar-refractivity contribution in [1.29, 1.82) is 0 Å². The molecule has 0 unspecified atom stereocenters. The van der Waals surface area contributed by atoms with E-state index in [1.165, 1.54) is 52.7 Å². The van der Waals surface area contributed by atoms with Gasteiger partial charge in [0.25, 0.3) is 0 Å². The van der Waals surface area contributed by atoms with Crippen molar-refractivity contribution in [3.8, 4) is 34.5 Å². The van der Waals surface area contributed by atoms with Crippen LogP contribution >= 0.6 is 0 Å². The largest absolute Gasteiger partial charge is 0.504 e. The number of ether oxygens (including phenoxy) is 4. The maximum atomic E-state index is 12.7. The van der Waals surface area contributed by atoms with Gasteiger partial charge >= 0.3 is 0 Å². The smallest absolute Gasteiger partial charge is 0.203 e. The molecule has 2 rings (SSSR count). The number of carbonyl (C=O) groups is 1. The molecule has 0 radical (unpaired) electrons. The molecule has 24 heavy (non-hydrogen) atoms. The number of ketones is 1. The number of benzene rings is 2. The Kier molecular flexibility index (Phi) is 5.03. The van der Waals surface area contributed by atoms with E-state index in [0.29, 0.717) is 0 Å². The van der Waals surface area contributed by atoms with E-state index in [2.05, 4.69) is 0 Å². The third-order valence-electron chi connectivity index (χ3n) is 3.53. The molecule has 0 atom stereocenters. The fraction of sp³-hybridized carbons (Fsp3) is 0.235. The van der Waals surface area contributed by atoms with Gasteiger partial charge in [-0.3, -0.25) is 4.79 Å². The number of carbonyl (C=O) groups excluding carboxylic acids is 1. The molecule has 0 saturated carbocycles. The van der Waals surface area contributed by atoms with Gasteiger partial charge < -0.3 is 29.2 Å². The summed E-state index contributed by atoms with van der Waals surface area (Å²) in [6, 6.07) is 5.75. The maximum absolute atomic E-state index is 12.7. The van der Waals surface area contributed by atoms with Gasteiger partial charge in [0.2, 0.25) is 17.3 Å². The summed E-state index contributed by atoms with van der Waals surface area (Å²) in [5.74, 6) is -0.739. The van der Waals surface area contributed by atoms with Crippen LogP contribution in [0, 0.1) is 0 Å². The molecular weight excluding hydrogens is 316 g/mol. The van der Waals surface area contributed by atoms with Gasteiger partial charge in [0.15, 0.2) is 23.0 Å². The van der Waals surface area contributed by atoms with Crippen molar-refractivity contribution in [2.24, 2.45) is 0 Å². The van der Waals surface area contributed by atoms with Crippen LogP contribution in [0.5, 0.6) is 34.5 Å². The van der Waals surface area contributed by atoms with Crippen molar-refractivity contribution in [3.63, 3.8) is 0 Å². The predicted octanol–water partition coefficient (Wildman–Crippen LogP) is 2.36. The van der Waals surface area contributed by atoms with E-state index < -0.39 is 5.78 Å². The van der Waals surface area contributed by atoms with E-state index >= 15 is 0 Å². The van der Waals surface area contributed by atoms with Gasteiger partial charge in [0, 0.05) is 0 Å². The second kappa shape index (κ2) is 6.99. The molecule has 0 amide bonds. The molecule has 2 aromatic carbocycles. The van der Waals surface area contributed by atoms with Crippen LogP contribution in [0.4, 0.5) is 0 Å². The fourth-order valence-electron chi connectivity index (χ4n) is 2.33. The summed E-state index contributed by atoms with van der Waals surface area (Å²) in [6.45, 7) is 0. The first-order valence-electron chi connectivity index (χ1n) is 6.92. The molecule has 2 aromatic rings. The minimum Gasteiger partial charge on any atom is -0.504 e. The lowest BCUT2D eigenvalue weighted by Gasteiger charge is -2.14. The van der Waals surface area contributed by atoms with Gasteiger partial charge in [-0.25, -0.2) is 0 Å². The van der Waals surface area contributed by atoms with Gasteiger partial charge in [0.1, 0.15) is 0 Å². The van der Waals surface area contributed by atoms with Crippen molar-refractivity contribution in [3.05, 3.63) is 35.4 Å². The zero-order valence-corrected chi connectivity index (χ0v) is 13.7. The molecule has 0 aliphatic rings. The molecule has 0 aromatic heterocycles. The summed E-state index contributed by atoms with van der Waals surface area (Å²) >= 11 is 0. The summed E-state index contributed by atoms with van der Waals surface area (Å²) < 4.78 is 20.3. The van der Waals surface area contributed by atoms with Crippen molar-refractivity contribution in [1.82, 2.24) is 0 Å². The average Bonchev–Trinajstić information content (AvgIpc) is 2.60. The Morgan fingerprint density at radius 3 is 1.38 bits per heavy atom. The molecule has 0 aliphatic carbocycles. The van der Waals surface area contributed by atoms with Crippen LogP contribution in [0.25, 0.3) is 0 Å². The summed E-state index contributed by atoms with van der Waals surface area (Å²) in [4.78, 5) is 12.7. The highest BCUT2D eigenvalue weighted by atomic mass is 16.5. The first-order valence-corrected chi connectivity index (χ1v) is 6.92. The van der Waals surface area contributed by atoms with E-state index in [1.54, 1.807) is 0 Å². The Balaban J connectivity index is 2.58. The third-order valence-corrected chi connectivity index (χ3v) is 3.53. The Bertz CT molecular complexity index is 705. The number of phenols is 2. The Morgan fingerprint density at radius 2 is 1.08 bits per heavy atom. The summed E-state index contributed by atoms with van der Waals surface area (Å²) in [5, 5.41) is 20.6. The number of hydrogen-bond donors (Lipinski definition) is 2. The van der Waals surface area contributed by atoms with E-state index in [9.17, 15) is 15.0 Å². The van der Waals surface area contributed by atoms with Crippen LogP contribution in [0.1, 0.15) is 15.9 Å². The lowest BCUT2D eigenvalue weighted by molar-refractivity contribution is 0.103. The summed E-state index contributed by atoms with van der Waals surface area (Å²) in [6.07, 6.45) is 0. The first kappa shape index (κ1) is 17.3. The predicted molar refractivity (Wildman–Crippen MR) is 85.9 cm³/mol. The van der Waals surface area contributed by atoms with Crippen LogP contribution in [0.2, 0.25) is 0 Å². The minimum atomic E-state index is -0.605. The second-order valence-corrected chi connectivity index (χ2v) is 4.72. The van der Waals surface area contributed by atoms with Gasteiger partial charge in [-0.2, -0.15) is 0 Å². The summed E-state index contributed by atoms with van der Waals surface area (Å²) in [7, 11) is 5.53. The highest BCUT2D eigenvalue weighted by Gasteiger charge is 2.25. The first-order chi connectivity index (χ1) is 11.5. The van der Waals surface area contributed by atoms with Crippen LogP contribution in [0.3, 0.4) is 0 Å². The molecule has 7 nitrogen and oxygen atoms in total. The van der Waals surface area contributed by atoms with Crippen molar-refractivity contribution in [2.75, 3.05) is 28.4 Å². The topological polar surface area (TPSA) is 94.5 Å². The quantitative estimate of drug-likeness (QED) is 0.783. The molecule has 0 spiro atoms. The number of rotatable bonds is 6. The van der Waals surface area contributed by atoms with Gasteiger partial charge in [-0.15, -0.1) is 0 Å². The molecule has 128 valence electrons. The Labute approximate surface area is 139 Å². The highest BCUT2D eigenvalue weighted by Crippen LogP contribution is 2.43. The van der Waals surface area contributed by atoms with Crippen molar-refractivity contribution >= 4 is 5.78 Å². The van der Waals surface area contributed by atoms with Crippen LogP contribution in [0.15, 0.2) is 24.3 Å². The average molecular weight is 334 g/mol. The fourth-order valence-corrected chi connectivity index (χ4v) is 2.33. The number of phenolic OH excluding ortho intramolecular Hbond substituents is 2. The zero-order chi connectivity index (χ0) is 17.9. The number of hydrogen-bond acceptors (Lipinski definition) is 7. The maximum Gasteiger partial charge on any atom is 0.203 e. The third kappa shape index (κ3) is 2.76. The van der Waals surface area contributed by atoms with Crippen LogP contribution < -0.4 is 18.9 Å². The van der Waals surface area contributed by atoms with Gasteiger partial charge in [0.05, 0.1) is 39.6 Å². The van der Waals surface area contributed by atoms with Gasteiger partial charge in [-0.05, 0) is 24.3 Å². The second-order valence-electron chi connectivity index (χ2n) is 4.72. The minimum absolute atomic E-state index is 0.0308. The van der Waals surface area contributed by atoms with Crippen LogP contribution in [-0.2, 0) is 0 Å². The molecule has 0 fully saturated rings. The number of methoxy groups -OCH3 is 4. The summed E-state index contributed by atoms with van der Waals surface area (Å²) in [5.41, 5.74) is -0.0923. The van der Waals surface area contributed by atoms with Crippen molar-refractivity contribution < 1.29 is 34.0 Å². The highest BCUT2D eigenvalue weighted by molar-refractivity contribution is 6.13. The van der Waals surface area contributed by atoms with E-state index in [4.69, 9.17) is 18.9 Å². The van der Waals surface area contributed by atoms with E-state index in [0.717, 1.165) is 0 Å². The Morgan fingerprint density at radius 1 is 0.708 bits per heavy atom. The molecule has 0 bridgehead atoms. The normalized spacial score (nSPS) is 10.2. The van der Waals surface area contributed by atoms with E-state index in [1.807, 2.05) is 0 Å². The Hall–Kier alpha value is -3.09. The molecular formula is C17H18O7. The SMILES string of the molecule is COc1ccc(C(=O)c2ccc(OC)c(OC)c2O)c(O)c1OC. The number of aromatic hydroxyl groups is 2. The lowest BCUT2D eigenvalue weighted by atomic mass is 10.00. The van der Waals surface area contributed by atoms with E-state index in [-0.39, 0.29) is 45.6 Å². The van der Waals surface area contributed by atoms with Crippen molar-refractivity contribution in [2.45, 2.75) is 0 Å². The van der Waals surface area contributed by atoms with Gasteiger partial charge in [-0.1, -0.05) is 0 Å². The molecule has 0 saturated heterocycles. The van der Waals surface area contributed by atoms with Crippen LogP contribution in [-0.4, -0.2) is 44.4 Å². The molecule has 7 heteroatoms. The standard InChI is InChI=1S/C17H18O7/c1-21-11-7-5-9(14(19)16(11)23-3)13(18)10-6-8-12(22-2)17(24-4)15(10)20/h5-8,19-20H,1-4H3. The zero-order valence-electron chi connectivity index (χ0n) is 13.7.